The molecule has 2 N–H and O–H groups in total. The molecule has 0 aromatic heterocycles. The molecule has 1 saturated heterocycles. The highest BCUT2D eigenvalue weighted by molar-refractivity contribution is 6.18. The van der Waals surface area contributed by atoms with Crippen LogP contribution in [-0.2, 0) is 27.2 Å². The van der Waals surface area contributed by atoms with E-state index in [0.717, 1.165) is 17.4 Å². The van der Waals surface area contributed by atoms with Crippen LogP contribution in [0.2, 0.25) is 0 Å². The van der Waals surface area contributed by atoms with Gasteiger partial charge in [0.2, 0.25) is 0 Å². The van der Waals surface area contributed by atoms with Crippen LogP contribution < -0.4 is 4.74 Å². The number of hydrogen-bond acceptors (Lipinski definition) is 7. The first kappa shape index (κ1) is 28.1. The molecule has 1 saturated carbocycles. The van der Waals surface area contributed by atoms with Gasteiger partial charge < -0.3 is 19.7 Å². The average molecular weight is 547 g/mol. The Balaban J connectivity index is 1.82. The van der Waals surface area contributed by atoms with Crippen molar-refractivity contribution in [1.82, 2.24) is 0 Å². The molecule has 1 aromatic rings. The van der Waals surface area contributed by atoms with Gasteiger partial charge in [-0.15, -0.1) is 0 Å². The second-order valence-corrected chi connectivity index (χ2v) is 12.6. The predicted molar refractivity (Wildman–Crippen MR) is 151 cm³/mol. The Hall–Kier alpha value is -3.45. The predicted octanol–water partition coefficient (Wildman–Crippen LogP) is 5.66. The first-order valence-corrected chi connectivity index (χ1v) is 13.9. The van der Waals surface area contributed by atoms with Crippen LogP contribution in [0.4, 0.5) is 0 Å². The molecule has 5 aliphatic rings. The van der Waals surface area contributed by atoms with E-state index in [1.165, 1.54) is 0 Å². The van der Waals surface area contributed by atoms with E-state index in [1.807, 2.05) is 53.7 Å². The number of fused-ring (bicyclic) bond motifs is 1. The number of hydrogen-bond donors (Lipinski definition) is 2. The number of ether oxygens (including phenoxy) is 2. The zero-order valence-electron chi connectivity index (χ0n) is 24.3. The first-order chi connectivity index (χ1) is 18.7. The Bertz CT molecular complexity index is 1460. The second-order valence-electron chi connectivity index (χ2n) is 12.6. The van der Waals surface area contributed by atoms with E-state index in [0.29, 0.717) is 23.1 Å². The maximum Gasteiger partial charge on any atom is 0.200 e. The highest BCUT2D eigenvalue weighted by Crippen LogP contribution is 2.68. The average Bonchev–Trinajstić information content (AvgIpc) is 3.03. The third kappa shape index (κ3) is 3.70. The van der Waals surface area contributed by atoms with Crippen molar-refractivity contribution in [3.63, 3.8) is 0 Å². The smallest absolute Gasteiger partial charge is 0.200 e. The van der Waals surface area contributed by atoms with Gasteiger partial charge in [0.05, 0.1) is 5.60 Å². The van der Waals surface area contributed by atoms with E-state index in [4.69, 9.17) is 9.47 Å². The minimum absolute atomic E-state index is 0.0101. The monoisotopic (exact) mass is 546 g/mol. The summed E-state index contributed by atoms with van der Waals surface area (Å²) in [4.78, 5) is 40.0. The number of Topliss-reactive ketones (excluding diaryl/α,β-unsaturated/α-hetero) is 2. The van der Waals surface area contributed by atoms with Crippen LogP contribution in [0.5, 0.6) is 17.2 Å². The third-order valence-corrected chi connectivity index (χ3v) is 9.02. The molecular weight excluding hydrogens is 508 g/mol. The molecule has 1 aromatic carbocycles. The van der Waals surface area contributed by atoms with Crippen molar-refractivity contribution in [1.29, 1.82) is 0 Å². The van der Waals surface area contributed by atoms with Crippen LogP contribution in [0.3, 0.4) is 0 Å². The lowest BCUT2D eigenvalue weighted by Crippen LogP contribution is -2.72. The van der Waals surface area contributed by atoms with Crippen LogP contribution in [0.1, 0.15) is 82.8 Å². The normalized spacial score (nSPS) is 29.3. The van der Waals surface area contributed by atoms with Gasteiger partial charge >= 0.3 is 0 Å². The minimum Gasteiger partial charge on any atom is -0.507 e. The molecule has 7 heteroatoms. The Kier molecular flexibility index (Phi) is 6.53. The largest absolute Gasteiger partial charge is 0.507 e. The zero-order chi connectivity index (χ0) is 29.4. The van der Waals surface area contributed by atoms with Gasteiger partial charge in [0, 0.05) is 35.0 Å². The van der Waals surface area contributed by atoms with Crippen molar-refractivity contribution in [3.05, 3.63) is 63.3 Å². The molecule has 6 rings (SSSR count). The lowest BCUT2D eigenvalue weighted by Gasteiger charge is -2.56. The van der Waals surface area contributed by atoms with Gasteiger partial charge in [-0.25, -0.2) is 0 Å². The minimum atomic E-state index is -1.54. The highest BCUT2D eigenvalue weighted by atomic mass is 16.6. The molecule has 4 bridgehead atoms. The quantitative estimate of drug-likeness (QED) is 0.258. The molecule has 0 amide bonds. The van der Waals surface area contributed by atoms with Crippen molar-refractivity contribution < 1.29 is 34.1 Å². The molecule has 1 spiro atoms. The van der Waals surface area contributed by atoms with Crippen molar-refractivity contribution in [3.8, 4) is 17.2 Å². The number of rotatable bonds is 7. The first-order valence-electron chi connectivity index (χ1n) is 13.9. The number of carbonyl (C=O) groups is 3. The molecule has 0 unspecified atom stereocenters. The third-order valence-electron chi connectivity index (χ3n) is 9.02. The maximum absolute atomic E-state index is 14.5. The number of phenols is 2. The summed E-state index contributed by atoms with van der Waals surface area (Å²) in [5.41, 5.74) is -0.386. The van der Waals surface area contributed by atoms with Crippen LogP contribution in [0.25, 0.3) is 0 Å². The summed E-state index contributed by atoms with van der Waals surface area (Å²) < 4.78 is 13.6. The van der Waals surface area contributed by atoms with E-state index in [-0.39, 0.29) is 59.3 Å². The number of ketones is 2. The van der Waals surface area contributed by atoms with Gasteiger partial charge in [0.25, 0.3) is 0 Å². The summed E-state index contributed by atoms with van der Waals surface area (Å²) in [6.07, 6.45) is 8.92. The molecular formula is C33H38O7. The molecule has 2 fully saturated rings. The summed E-state index contributed by atoms with van der Waals surface area (Å²) >= 11 is 0. The number of phenolic OH excluding ortho intramolecular Hbond substituents is 2. The van der Waals surface area contributed by atoms with Crippen LogP contribution in [0.15, 0.2) is 46.6 Å². The Labute approximate surface area is 235 Å². The summed E-state index contributed by atoms with van der Waals surface area (Å²) in [5, 5.41) is 23.0. The topological polar surface area (TPSA) is 110 Å². The fraction of sp³-hybridized carbons (Fsp3) is 0.485. The molecule has 212 valence electrons. The lowest BCUT2D eigenvalue weighted by atomic mass is 9.51. The Morgan fingerprint density at radius 3 is 2.20 bits per heavy atom. The van der Waals surface area contributed by atoms with E-state index < -0.39 is 28.5 Å². The van der Waals surface area contributed by atoms with Crippen LogP contribution >= 0.6 is 0 Å². The van der Waals surface area contributed by atoms with Crippen molar-refractivity contribution in [2.24, 2.45) is 11.8 Å². The fourth-order valence-corrected chi connectivity index (χ4v) is 7.11. The number of carbonyl (C=O) groups excluding carboxylic acids is 3. The standard InChI is InChI=1S/C33H38O7/c1-17(2)8-10-21-26(35)22(11-9-18(3)4)29-25(27(21)36)28(37)23-14-20-15-24-31(6,7)40-32(30(20)38,33(23,24)39-29)13-12-19(5)16-34/h8-9,12,14,16,20,24,35-36H,10-11,13,15H2,1-7H3/b19-12+/t20-,24+,32+,33-/m1/s1. The SMILES string of the molecule is CC(C)=CCc1c(O)c(CC=C(C)C)c2c(c1O)C(=O)C1=C[C@@H]3C[C@H]4C(C)(C)O[C@@](C/C=C(\C)C=O)(C3=O)[C@@]14O2. The Morgan fingerprint density at radius 2 is 1.60 bits per heavy atom. The van der Waals surface area contributed by atoms with E-state index in [1.54, 1.807) is 19.1 Å². The molecule has 7 nitrogen and oxygen atoms in total. The maximum atomic E-state index is 14.5. The number of benzene rings is 1. The summed E-state index contributed by atoms with van der Waals surface area (Å²) in [6.45, 7) is 13.2. The van der Waals surface area contributed by atoms with Gasteiger partial charge in [-0.05, 0) is 73.3 Å². The molecule has 40 heavy (non-hydrogen) atoms. The number of allylic oxidation sites excluding steroid dienone is 6. The lowest BCUT2D eigenvalue weighted by molar-refractivity contribution is -0.171. The molecule has 2 aliphatic heterocycles. The fourth-order valence-electron chi connectivity index (χ4n) is 7.11. The number of aldehydes is 1. The van der Waals surface area contributed by atoms with Gasteiger partial charge in [0.1, 0.15) is 29.1 Å². The van der Waals surface area contributed by atoms with Crippen molar-refractivity contribution in [2.45, 2.75) is 91.0 Å². The Morgan fingerprint density at radius 1 is 0.975 bits per heavy atom. The van der Waals surface area contributed by atoms with E-state index in [9.17, 15) is 24.6 Å². The second kappa shape index (κ2) is 9.30. The molecule has 0 radical (unpaired) electrons. The van der Waals surface area contributed by atoms with Crippen LogP contribution in [0, 0.1) is 11.8 Å². The zero-order valence-corrected chi connectivity index (χ0v) is 24.3. The van der Waals surface area contributed by atoms with Gasteiger partial charge in [0.15, 0.2) is 22.8 Å². The summed E-state index contributed by atoms with van der Waals surface area (Å²) in [5.74, 6) is -1.83. The summed E-state index contributed by atoms with van der Waals surface area (Å²) in [7, 11) is 0. The van der Waals surface area contributed by atoms with E-state index >= 15 is 0 Å². The van der Waals surface area contributed by atoms with Gasteiger partial charge in [-0.2, -0.15) is 0 Å². The van der Waals surface area contributed by atoms with Gasteiger partial charge in [-0.1, -0.05) is 35.5 Å². The molecule has 2 heterocycles. The highest BCUT2D eigenvalue weighted by Gasteiger charge is 2.81. The molecule has 4 atom stereocenters. The molecule has 3 aliphatic carbocycles. The van der Waals surface area contributed by atoms with Crippen molar-refractivity contribution >= 4 is 17.9 Å². The number of aromatic hydroxyl groups is 2. The van der Waals surface area contributed by atoms with Crippen LogP contribution in [-0.4, -0.2) is 44.9 Å². The van der Waals surface area contributed by atoms with Gasteiger partial charge in [-0.3, -0.25) is 14.4 Å². The van der Waals surface area contributed by atoms with E-state index in [2.05, 4.69) is 0 Å². The van der Waals surface area contributed by atoms with Crippen molar-refractivity contribution in [2.75, 3.05) is 0 Å². The summed E-state index contributed by atoms with van der Waals surface area (Å²) in [6, 6.07) is 0.